The molecule has 2 heterocycles. The van der Waals surface area contributed by atoms with Crippen LogP contribution in [0.5, 0.6) is 0 Å². The number of fused-ring (bicyclic) bond motifs is 2. The van der Waals surface area contributed by atoms with Crippen LogP contribution in [-0.2, 0) is 13.5 Å². The van der Waals surface area contributed by atoms with Gasteiger partial charge in [0, 0.05) is 12.4 Å². The molecule has 0 unspecified atom stereocenters. The lowest BCUT2D eigenvalue weighted by molar-refractivity contribution is 0.798. The van der Waals surface area contributed by atoms with Gasteiger partial charge in [0.15, 0.2) is 5.82 Å². The highest BCUT2D eigenvalue weighted by Gasteiger charge is 2.13. The average molecular weight is 276 g/mol. The lowest BCUT2D eigenvalue weighted by Crippen LogP contribution is -1.90. The topological polar surface area (TPSA) is 46.5 Å². The molecule has 0 aliphatic heterocycles. The fraction of sp³-hybridized carbons (Fsp3) is 0.176. The van der Waals surface area contributed by atoms with Crippen LogP contribution in [0.4, 0.5) is 0 Å². The van der Waals surface area contributed by atoms with Gasteiger partial charge in [0.25, 0.3) is 0 Å². The van der Waals surface area contributed by atoms with Gasteiger partial charge in [-0.05, 0) is 30.2 Å². The van der Waals surface area contributed by atoms with Gasteiger partial charge >= 0.3 is 0 Å². The van der Waals surface area contributed by atoms with Crippen LogP contribution < -0.4 is 0 Å². The fourth-order valence-electron chi connectivity index (χ4n) is 2.78. The summed E-state index contributed by atoms with van der Waals surface area (Å²) in [6.45, 7) is 2.16. The van der Waals surface area contributed by atoms with Crippen molar-refractivity contribution < 1.29 is 0 Å². The van der Waals surface area contributed by atoms with Crippen molar-refractivity contribution in [1.82, 2.24) is 19.7 Å². The second kappa shape index (κ2) is 4.45. The van der Waals surface area contributed by atoms with E-state index in [1.54, 1.807) is 0 Å². The van der Waals surface area contributed by atoms with Crippen LogP contribution in [0.15, 0.2) is 42.5 Å². The van der Waals surface area contributed by atoms with E-state index in [0.717, 1.165) is 39.9 Å². The third-order valence-corrected chi connectivity index (χ3v) is 3.94. The number of aromatic nitrogens is 4. The number of nitrogens with zero attached hydrogens (tertiary/aromatic N) is 3. The van der Waals surface area contributed by atoms with Crippen LogP contribution in [0.1, 0.15) is 12.5 Å². The Labute approximate surface area is 122 Å². The quantitative estimate of drug-likeness (QED) is 0.607. The standard InChI is InChI=1S/C17H16N4/c1-3-11-8-9-13-14(10-11)19-17(18-13)16-12-6-4-5-7-15(12)21(2)20-16/h4-10H,3H2,1-2H3,(H,18,19). The van der Waals surface area contributed by atoms with Crippen molar-refractivity contribution in [3.63, 3.8) is 0 Å². The molecule has 0 aliphatic carbocycles. The molecular weight excluding hydrogens is 260 g/mol. The molecule has 0 radical (unpaired) electrons. The van der Waals surface area contributed by atoms with E-state index in [9.17, 15) is 0 Å². The number of aryl methyl sites for hydroxylation is 2. The molecule has 0 amide bonds. The van der Waals surface area contributed by atoms with Gasteiger partial charge in [-0.2, -0.15) is 5.10 Å². The van der Waals surface area contributed by atoms with Crippen molar-refractivity contribution in [2.75, 3.05) is 0 Å². The number of imidazole rings is 1. The summed E-state index contributed by atoms with van der Waals surface area (Å²) < 4.78 is 1.90. The Kier molecular flexibility index (Phi) is 2.57. The maximum Gasteiger partial charge on any atom is 0.159 e. The highest BCUT2D eigenvalue weighted by molar-refractivity contribution is 5.93. The van der Waals surface area contributed by atoms with Gasteiger partial charge in [-0.3, -0.25) is 4.68 Å². The summed E-state index contributed by atoms with van der Waals surface area (Å²) in [6.07, 6.45) is 1.02. The van der Waals surface area contributed by atoms with Crippen LogP contribution in [0, 0.1) is 0 Å². The molecule has 4 nitrogen and oxygen atoms in total. The number of nitrogens with one attached hydrogen (secondary N) is 1. The fourth-order valence-corrected chi connectivity index (χ4v) is 2.78. The minimum Gasteiger partial charge on any atom is -0.337 e. The Morgan fingerprint density at radius 3 is 2.86 bits per heavy atom. The van der Waals surface area contributed by atoms with E-state index in [-0.39, 0.29) is 0 Å². The lowest BCUT2D eigenvalue weighted by atomic mass is 10.1. The van der Waals surface area contributed by atoms with Gasteiger partial charge in [-0.15, -0.1) is 0 Å². The van der Waals surface area contributed by atoms with Gasteiger partial charge in [0.05, 0.1) is 16.6 Å². The molecule has 2 aromatic carbocycles. The molecule has 0 saturated carbocycles. The van der Waals surface area contributed by atoms with Gasteiger partial charge in [0.1, 0.15) is 5.69 Å². The largest absolute Gasteiger partial charge is 0.337 e. The average Bonchev–Trinajstić information content (AvgIpc) is 3.08. The molecule has 4 rings (SSSR count). The number of aromatic amines is 1. The summed E-state index contributed by atoms with van der Waals surface area (Å²) in [5.41, 5.74) is 5.38. The molecule has 2 aromatic heterocycles. The lowest BCUT2D eigenvalue weighted by Gasteiger charge is -1.94. The minimum atomic E-state index is 0.829. The van der Waals surface area contributed by atoms with Crippen molar-refractivity contribution in [1.29, 1.82) is 0 Å². The molecule has 1 N–H and O–H groups in total. The Morgan fingerprint density at radius 2 is 2.00 bits per heavy atom. The SMILES string of the molecule is CCc1ccc2nc(-c3nn(C)c4ccccc34)[nH]c2c1. The number of H-pyrrole nitrogens is 1. The van der Waals surface area contributed by atoms with Gasteiger partial charge < -0.3 is 4.98 Å². The van der Waals surface area contributed by atoms with Gasteiger partial charge in [0.2, 0.25) is 0 Å². The summed E-state index contributed by atoms with van der Waals surface area (Å²) in [6, 6.07) is 14.6. The number of hydrogen-bond donors (Lipinski definition) is 1. The van der Waals surface area contributed by atoms with Crippen LogP contribution in [0.2, 0.25) is 0 Å². The summed E-state index contributed by atoms with van der Waals surface area (Å²) in [5, 5.41) is 5.74. The Balaban J connectivity index is 1.96. The Hall–Kier alpha value is -2.62. The minimum absolute atomic E-state index is 0.829. The molecule has 0 spiro atoms. The molecule has 0 atom stereocenters. The zero-order chi connectivity index (χ0) is 14.4. The maximum absolute atomic E-state index is 4.69. The van der Waals surface area contributed by atoms with E-state index in [4.69, 9.17) is 4.98 Å². The van der Waals surface area contributed by atoms with Crippen LogP contribution in [0.3, 0.4) is 0 Å². The van der Waals surface area contributed by atoms with E-state index < -0.39 is 0 Å². The molecule has 0 fully saturated rings. The predicted molar refractivity (Wildman–Crippen MR) is 85.2 cm³/mol. The van der Waals surface area contributed by atoms with E-state index >= 15 is 0 Å². The first-order valence-electron chi connectivity index (χ1n) is 7.17. The molecule has 4 aromatic rings. The second-order valence-electron chi connectivity index (χ2n) is 5.28. The monoisotopic (exact) mass is 276 g/mol. The van der Waals surface area contributed by atoms with E-state index in [1.165, 1.54) is 5.56 Å². The molecule has 0 aliphatic rings. The second-order valence-corrected chi connectivity index (χ2v) is 5.28. The van der Waals surface area contributed by atoms with Crippen molar-refractivity contribution >= 4 is 21.9 Å². The van der Waals surface area contributed by atoms with Crippen molar-refractivity contribution in [3.05, 3.63) is 48.0 Å². The number of rotatable bonds is 2. The Bertz CT molecular complexity index is 946. The summed E-state index contributed by atoms with van der Waals surface area (Å²) in [7, 11) is 1.96. The zero-order valence-electron chi connectivity index (χ0n) is 12.1. The summed E-state index contributed by atoms with van der Waals surface area (Å²) >= 11 is 0. The molecule has 104 valence electrons. The van der Waals surface area contributed by atoms with E-state index in [0.29, 0.717) is 0 Å². The first-order chi connectivity index (χ1) is 10.3. The van der Waals surface area contributed by atoms with Crippen LogP contribution in [0.25, 0.3) is 33.5 Å². The first-order valence-corrected chi connectivity index (χ1v) is 7.17. The van der Waals surface area contributed by atoms with Crippen LogP contribution >= 0.6 is 0 Å². The molecule has 0 bridgehead atoms. The number of benzene rings is 2. The number of hydrogen-bond acceptors (Lipinski definition) is 2. The first kappa shape index (κ1) is 12.1. The molecule has 4 heteroatoms. The van der Waals surface area contributed by atoms with Crippen molar-refractivity contribution in [2.45, 2.75) is 13.3 Å². The molecule has 0 saturated heterocycles. The highest BCUT2D eigenvalue weighted by atomic mass is 15.3. The maximum atomic E-state index is 4.69. The van der Waals surface area contributed by atoms with Gasteiger partial charge in [-0.1, -0.05) is 31.2 Å². The Morgan fingerprint density at radius 1 is 1.14 bits per heavy atom. The molecule has 21 heavy (non-hydrogen) atoms. The zero-order valence-corrected chi connectivity index (χ0v) is 12.1. The van der Waals surface area contributed by atoms with Crippen LogP contribution in [-0.4, -0.2) is 19.7 Å². The van der Waals surface area contributed by atoms with E-state index in [2.05, 4.69) is 47.3 Å². The van der Waals surface area contributed by atoms with Crippen molar-refractivity contribution in [2.24, 2.45) is 7.05 Å². The smallest absolute Gasteiger partial charge is 0.159 e. The van der Waals surface area contributed by atoms with Crippen molar-refractivity contribution in [3.8, 4) is 11.5 Å². The number of para-hydroxylation sites is 1. The third kappa shape index (κ3) is 1.83. The van der Waals surface area contributed by atoms with Gasteiger partial charge in [-0.25, -0.2) is 4.98 Å². The normalized spacial score (nSPS) is 11.5. The summed E-state index contributed by atoms with van der Waals surface area (Å²) in [5.74, 6) is 0.829. The molecular formula is C17H16N4. The predicted octanol–water partition coefficient (Wildman–Crippen LogP) is 3.68. The summed E-state index contributed by atoms with van der Waals surface area (Å²) in [4.78, 5) is 8.10. The highest BCUT2D eigenvalue weighted by Crippen LogP contribution is 2.27. The third-order valence-electron chi connectivity index (χ3n) is 3.94. The van der Waals surface area contributed by atoms with E-state index in [1.807, 2.05) is 23.9 Å².